The molecule has 1 aliphatic rings. The maximum atomic E-state index is 13.5. The fourth-order valence-corrected chi connectivity index (χ4v) is 5.62. The Balaban J connectivity index is 1.39. The Morgan fingerprint density at radius 1 is 0.737 bits per heavy atom. The molecule has 2 heterocycles. The summed E-state index contributed by atoms with van der Waals surface area (Å²) in [5.74, 6) is 0.519. The summed E-state index contributed by atoms with van der Waals surface area (Å²) in [7, 11) is 0. The van der Waals surface area contributed by atoms with E-state index in [0.29, 0.717) is 28.4 Å². The SMILES string of the molecule is O=C1C(=Cc2nc3oc(-c4ccccc4)cc3n2-c2ccccc2)C(=O)c2cc3cc(Br)c(Br)cc3cc21. The first-order chi connectivity index (χ1) is 18.5. The van der Waals surface area contributed by atoms with Gasteiger partial charge in [0.05, 0.1) is 5.57 Å². The van der Waals surface area contributed by atoms with Crippen molar-refractivity contribution in [2.75, 3.05) is 0 Å². The van der Waals surface area contributed by atoms with Gasteiger partial charge in [0.15, 0.2) is 11.6 Å². The maximum absolute atomic E-state index is 13.5. The molecule has 7 rings (SSSR count). The van der Waals surface area contributed by atoms with Crippen LogP contribution in [0.1, 0.15) is 26.5 Å². The van der Waals surface area contributed by atoms with Crippen LogP contribution in [0.25, 0.3) is 45.1 Å². The van der Waals surface area contributed by atoms with Gasteiger partial charge in [-0.3, -0.25) is 14.2 Å². The highest BCUT2D eigenvalue weighted by Gasteiger charge is 2.34. The van der Waals surface area contributed by atoms with E-state index in [1.807, 2.05) is 83.4 Å². The minimum atomic E-state index is -0.310. The van der Waals surface area contributed by atoms with Crippen LogP contribution in [0.2, 0.25) is 0 Å². The predicted molar refractivity (Wildman–Crippen MR) is 155 cm³/mol. The van der Waals surface area contributed by atoms with Crippen molar-refractivity contribution in [2.24, 2.45) is 0 Å². The van der Waals surface area contributed by atoms with Gasteiger partial charge < -0.3 is 4.42 Å². The molecule has 4 aromatic carbocycles. The van der Waals surface area contributed by atoms with Crippen LogP contribution in [0.15, 0.2) is 110 Å². The zero-order valence-corrected chi connectivity index (χ0v) is 22.8. The van der Waals surface area contributed by atoms with E-state index in [2.05, 4.69) is 31.9 Å². The molecule has 6 aromatic rings. The fraction of sp³-hybridized carbons (Fsp3) is 0. The lowest BCUT2D eigenvalue weighted by molar-refractivity contribution is 0.0990. The van der Waals surface area contributed by atoms with Gasteiger partial charge in [-0.2, -0.15) is 4.98 Å². The zero-order valence-electron chi connectivity index (χ0n) is 19.6. The van der Waals surface area contributed by atoms with Crippen molar-refractivity contribution >= 4 is 71.5 Å². The van der Waals surface area contributed by atoms with E-state index in [9.17, 15) is 9.59 Å². The summed E-state index contributed by atoms with van der Waals surface area (Å²) in [5, 5.41) is 1.75. The Kier molecular flexibility index (Phi) is 5.32. The number of halogens is 2. The highest BCUT2D eigenvalue weighted by Crippen LogP contribution is 2.36. The van der Waals surface area contributed by atoms with Crippen LogP contribution < -0.4 is 0 Å². The van der Waals surface area contributed by atoms with Gasteiger partial charge in [-0.25, -0.2) is 0 Å². The summed E-state index contributed by atoms with van der Waals surface area (Å²) in [6, 6.07) is 28.9. The number of furan rings is 1. The van der Waals surface area contributed by atoms with E-state index in [1.165, 1.54) is 0 Å². The summed E-state index contributed by atoms with van der Waals surface area (Å²) in [6.45, 7) is 0. The first-order valence-corrected chi connectivity index (χ1v) is 13.4. The molecule has 7 heteroatoms. The minimum Gasteiger partial charge on any atom is -0.436 e. The molecule has 0 amide bonds. The van der Waals surface area contributed by atoms with Gasteiger partial charge in [0, 0.05) is 37.4 Å². The number of Topliss-reactive ketones (excluding diaryl/α,β-unsaturated/α-hetero) is 2. The largest absolute Gasteiger partial charge is 0.436 e. The number of carbonyl (C=O) groups excluding carboxylic acids is 2. The number of fused-ring (bicyclic) bond motifs is 3. The van der Waals surface area contributed by atoms with E-state index in [1.54, 1.807) is 18.2 Å². The number of carbonyl (C=O) groups is 2. The summed E-state index contributed by atoms with van der Waals surface area (Å²) in [5.41, 5.74) is 3.84. The number of para-hydroxylation sites is 1. The molecule has 182 valence electrons. The lowest BCUT2D eigenvalue weighted by Gasteiger charge is -2.06. The highest BCUT2D eigenvalue weighted by atomic mass is 79.9. The van der Waals surface area contributed by atoms with E-state index in [0.717, 1.165) is 36.5 Å². The van der Waals surface area contributed by atoms with E-state index in [4.69, 9.17) is 9.40 Å². The first-order valence-electron chi connectivity index (χ1n) is 11.8. The zero-order chi connectivity index (χ0) is 26.0. The van der Waals surface area contributed by atoms with Gasteiger partial charge in [0.25, 0.3) is 0 Å². The number of imidazole rings is 1. The van der Waals surface area contributed by atoms with Gasteiger partial charge in [0.1, 0.15) is 17.1 Å². The molecule has 0 saturated carbocycles. The number of hydrogen-bond donors (Lipinski definition) is 0. The second-order valence-corrected chi connectivity index (χ2v) is 10.7. The van der Waals surface area contributed by atoms with Crippen LogP contribution in [0.3, 0.4) is 0 Å². The van der Waals surface area contributed by atoms with Crippen LogP contribution in [-0.4, -0.2) is 21.1 Å². The van der Waals surface area contributed by atoms with Crippen molar-refractivity contribution in [3.63, 3.8) is 0 Å². The molecule has 2 aromatic heterocycles. The van der Waals surface area contributed by atoms with Gasteiger partial charge in [0.2, 0.25) is 5.71 Å². The number of aromatic nitrogens is 2. The molecule has 0 aliphatic heterocycles. The van der Waals surface area contributed by atoms with Crippen molar-refractivity contribution in [3.05, 3.63) is 122 Å². The van der Waals surface area contributed by atoms with E-state index >= 15 is 0 Å². The Morgan fingerprint density at radius 2 is 1.32 bits per heavy atom. The van der Waals surface area contributed by atoms with E-state index < -0.39 is 0 Å². The molecule has 0 saturated heterocycles. The monoisotopic (exact) mass is 622 g/mol. The smallest absolute Gasteiger partial charge is 0.246 e. The lowest BCUT2D eigenvalue weighted by Crippen LogP contribution is -2.03. The minimum absolute atomic E-state index is 0.0848. The molecule has 0 spiro atoms. The molecule has 1 aliphatic carbocycles. The van der Waals surface area contributed by atoms with E-state index in [-0.39, 0.29) is 17.1 Å². The Labute approximate surface area is 233 Å². The van der Waals surface area contributed by atoms with Crippen LogP contribution in [0, 0.1) is 0 Å². The van der Waals surface area contributed by atoms with Crippen molar-refractivity contribution < 1.29 is 14.0 Å². The Bertz CT molecular complexity index is 1910. The average molecular weight is 624 g/mol. The second-order valence-electron chi connectivity index (χ2n) is 9.04. The second kappa shape index (κ2) is 8.75. The van der Waals surface area contributed by atoms with Gasteiger partial charge in [-0.05, 0) is 85.1 Å². The van der Waals surface area contributed by atoms with Crippen molar-refractivity contribution in [2.45, 2.75) is 0 Å². The van der Waals surface area contributed by atoms with Crippen molar-refractivity contribution in [1.82, 2.24) is 9.55 Å². The number of rotatable bonds is 3. The summed E-state index contributed by atoms with van der Waals surface area (Å²) < 4.78 is 9.77. The summed E-state index contributed by atoms with van der Waals surface area (Å²) in [4.78, 5) is 31.7. The number of allylic oxidation sites excluding steroid dienone is 1. The fourth-order valence-electron chi connectivity index (χ4n) is 4.90. The molecule has 38 heavy (non-hydrogen) atoms. The van der Waals surface area contributed by atoms with Crippen molar-refractivity contribution in [3.8, 4) is 17.0 Å². The molecule has 0 fully saturated rings. The first kappa shape index (κ1) is 23.1. The average Bonchev–Trinajstić information content (AvgIpc) is 3.56. The molecular formula is C31H16Br2N2O3. The molecule has 0 unspecified atom stereocenters. The number of ketones is 2. The number of benzene rings is 4. The molecule has 0 radical (unpaired) electrons. The normalized spacial score (nSPS) is 13.1. The third-order valence-corrected chi connectivity index (χ3v) is 8.56. The van der Waals surface area contributed by atoms with Crippen molar-refractivity contribution in [1.29, 1.82) is 0 Å². The molecule has 0 atom stereocenters. The van der Waals surface area contributed by atoms with Crippen LogP contribution >= 0.6 is 31.9 Å². The Morgan fingerprint density at radius 3 is 1.92 bits per heavy atom. The van der Waals surface area contributed by atoms with Gasteiger partial charge in [-0.15, -0.1) is 0 Å². The molecule has 0 bridgehead atoms. The highest BCUT2D eigenvalue weighted by molar-refractivity contribution is 9.13. The maximum Gasteiger partial charge on any atom is 0.246 e. The number of nitrogens with zero attached hydrogens (tertiary/aromatic N) is 2. The predicted octanol–water partition coefficient (Wildman–Crippen LogP) is 8.43. The van der Waals surface area contributed by atoms with Gasteiger partial charge >= 0.3 is 0 Å². The van der Waals surface area contributed by atoms with Crippen LogP contribution in [0.4, 0.5) is 0 Å². The molecule has 5 nitrogen and oxygen atoms in total. The van der Waals surface area contributed by atoms with Crippen LogP contribution in [-0.2, 0) is 0 Å². The Hall–Kier alpha value is -4.07. The lowest BCUT2D eigenvalue weighted by atomic mass is 10.0. The third kappa shape index (κ3) is 3.61. The quantitative estimate of drug-likeness (QED) is 0.147. The van der Waals surface area contributed by atoms with Gasteiger partial charge in [-0.1, -0.05) is 48.5 Å². The molecule has 0 N–H and O–H groups in total. The topological polar surface area (TPSA) is 65.1 Å². The molecular weight excluding hydrogens is 608 g/mol. The summed E-state index contributed by atoms with van der Waals surface area (Å²) in [6.07, 6.45) is 1.58. The third-order valence-electron chi connectivity index (χ3n) is 6.72. The van der Waals surface area contributed by atoms with Crippen LogP contribution in [0.5, 0.6) is 0 Å². The standard InChI is InChI=1S/C31H16Br2N2O3/c32-24-13-18-11-21-22(12-19(18)14-25(24)33)30(37)23(29(21)36)15-28-34-31-26(35(28)20-9-5-2-6-10-20)16-27(38-31)17-7-3-1-4-8-17/h1-16H. The number of hydrogen-bond acceptors (Lipinski definition) is 4. The summed E-state index contributed by atoms with van der Waals surface area (Å²) >= 11 is 7.03.